The molecule has 2 aromatic rings. The Morgan fingerprint density at radius 1 is 0.968 bits per heavy atom. The van der Waals surface area contributed by atoms with E-state index in [-0.39, 0.29) is 12.3 Å². The van der Waals surface area contributed by atoms with E-state index in [0.717, 1.165) is 50.6 Å². The van der Waals surface area contributed by atoms with E-state index in [1.54, 1.807) is 12.1 Å². The normalized spacial score (nSPS) is 15.2. The van der Waals surface area contributed by atoms with Gasteiger partial charge >= 0.3 is 5.97 Å². The Bertz CT molecular complexity index is 823. The largest absolute Gasteiger partial charge is 0.480 e. The zero-order chi connectivity index (χ0) is 21.9. The number of carboxylic acid groups (broad SMARTS) is 1. The zero-order valence-electron chi connectivity index (χ0n) is 17.5. The predicted molar refractivity (Wildman–Crippen MR) is 121 cm³/mol. The molecular weight excluding hydrogens is 396 g/mol. The highest BCUT2D eigenvalue weighted by Gasteiger charge is 2.21. The average molecular weight is 427 g/mol. The maximum Gasteiger partial charge on any atom is 0.321 e. The first-order chi connectivity index (χ1) is 15.1. The molecule has 1 heterocycles. The molecule has 1 aliphatic heterocycles. The lowest BCUT2D eigenvalue weighted by atomic mass is 10.2. The molecule has 1 fully saturated rings. The van der Waals surface area contributed by atoms with E-state index in [0.29, 0.717) is 12.2 Å². The molecule has 166 valence electrons. The van der Waals surface area contributed by atoms with Crippen molar-refractivity contribution < 1.29 is 19.4 Å². The highest BCUT2D eigenvalue weighted by molar-refractivity contribution is 5.94. The van der Waals surface area contributed by atoms with Crippen molar-refractivity contribution in [3.63, 3.8) is 0 Å². The molecule has 4 N–H and O–H groups in total. The molecule has 0 aromatic heterocycles. The van der Waals surface area contributed by atoms with Gasteiger partial charge in [0.25, 0.3) is 0 Å². The van der Waals surface area contributed by atoms with Crippen LogP contribution < -0.4 is 16.0 Å². The van der Waals surface area contributed by atoms with Crippen LogP contribution >= 0.6 is 0 Å². The number of morpholine rings is 1. The summed E-state index contributed by atoms with van der Waals surface area (Å²) in [7, 11) is 0. The number of carbonyl (C=O) groups excluding carboxylic acids is 1. The molecule has 31 heavy (non-hydrogen) atoms. The summed E-state index contributed by atoms with van der Waals surface area (Å²) in [5, 5.41) is 18.5. The second-order valence-electron chi connectivity index (χ2n) is 7.47. The van der Waals surface area contributed by atoms with Crippen LogP contribution in [0, 0.1) is 0 Å². The SMILES string of the molecule is O=C(CC(NCCCN1CCOCC1)C(=O)O)Nc1ccc(Nc2ccccc2)cc1. The highest BCUT2D eigenvalue weighted by Crippen LogP contribution is 2.18. The number of nitrogens with zero attached hydrogens (tertiary/aromatic N) is 1. The third kappa shape index (κ3) is 8.01. The number of hydrogen-bond donors (Lipinski definition) is 4. The number of carboxylic acids is 1. The lowest BCUT2D eigenvalue weighted by Crippen LogP contribution is -2.42. The molecule has 0 radical (unpaired) electrons. The van der Waals surface area contributed by atoms with Crippen molar-refractivity contribution in [2.75, 3.05) is 50.0 Å². The Labute approximate surface area is 182 Å². The summed E-state index contributed by atoms with van der Waals surface area (Å²) in [6.45, 7) is 4.73. The van der Waals surface area contributed by atoms with Crippen LogP contribution in [0.3, 0.4) is 0 Å². The van der Waals surface area contributed by atoms with Gasteiger partial charge in [0, 0.05) is 30.2 Å². The number of amides is 1. The summed E-state index contributed by atoms with van der Waals surface area (Å²) in [5.74, 6) is -1.36. The molecule has 0 spiro atoms. The molecule has 1 unspecified atom stereocenters. The fourth-order valence-corrected chi connectivity index (χ4v) is 3.37. The van der Waals surface area contributed by atoms with E-state index in [9.17, 15) is 14.7 Å². The number of ether oxygens (including phenoxy) is 1. The van der Waals surface area contributed by atoms with Gasteiger partial charge < -0.3 is 25.8 Å². The Morgan fingerprint density at radius 3 is 2.29 bits per heavy atom. The van der Waals surface area contributed by atoms with Crippen LogP contribution in [0.25, 0.3) is 0 Å². The van der Waals surface area contributed by atoms with Crippen molar-refractivity contribution in [3.8, 4) is 0 Å². The lowest BCUT2D eigenvalue weighted by molar-refractivity contribution is -0.141. The van der Waals surface area contributed by atoms with Crippen LogP contribution in [0.1, 0.15) is 12.8 Å². The number of para-hydroxylation sites is 1. The molecule has 2 aromatic carbocycles. The van der Waals surface area contributed by atoms with Crippen LogP contribution in [-0.2, 0) is 14.3 Å². The molecule has 8 nitrogen and oxygen atoms in total. The van der Waals surface area contributed by atoms with Gasteiger partial charge in [0.1, 0.15) is 6.04 Å². The van der Waals surface area contributed by atoms with Gasteiger partial charge in [0.05, 0.1) is 19.6 Å². The molecule has 0 saturated carbocycles. The molecule has 1 saturated heterocycles. The maximum absolute atomic E-state index is 12.3. The van der Waals surface area contributed by atoms with Crippen LogP contribution in [0.2, 0.25) is 0 Å². The minimum absolute atomic E-state index is 0.128. The van der Waals surface area contributed by atoms with Crippen molar-refractivity contribution >= 4 is 28.9 Å². The minimum Gasteiger partial charge on any atom is -0.480 e. The van der Waals surface area contributed by atoms with Crippen molar-refractivity contribution in [1.82, 2.24) is 10.2 Å². The molecule has 1 amide bonds. The molecule has 0 aliphatic carbocycles. The van der Waals surface area contributed by atoms with Crippen LogP contribution in [0.4, 0.5) is 17.1 Å². The van der Waals surface area contributed by atoms with Crippen LogP contribution in [0.5, 0.6) is 0 Å². The van der Waals surface area contributed by atoms with Gasteiger partial charge in [-0.05, 0) is 55.9 Å². The number of nitrogens with one attached hydrogen (secondary N) is 3. The van der Waals surface area contributed by atoms with E-state index in [1.807, 2.05) is 42.5 Å². The topological polar surface area (TPSA) is 103 Å². The zero-order valence-corrected chi connectivity index (χ0v) is 17.5. The average Bonchev–Trinajstić information content (AvgIpc) is 2.78. The Hall–Kier alpha value is -2.94. The molecule has 8 heteroatoms. The summed E-state index contributed by atoms with van der Waals surface area (Å²) in [5.41, 5.74) is 2.50. The Kier molecular flexibility index (Phi) is 8.84. The lowest BCUT2D eigenvalue weighted by Gasteiger charge is -2.26. The van der Waals surface area contributed by atoms with Crippen molar-refractivity contribution in [2.45, 2.75) is 18.9 Å². The number of rotatable bonds is 11. The van der Waals surface area contributed by atoms with E-state index < -0.39 is 12.0 Å². The third-order valence-electron chi connectivity index (χ3n) is 5.06. The summed E-state index contributed by atoms with van der Waals surface area (Å²) in [4.78, 5) is 26.2. The summed E-state index contributed by atoms with van der Waals surface area (Å²) in [6.07, 6.45) is 0.693. The fourth-order valence-electron chi connectivity index (χ4n) is 3.37. The quantitative estimate of drug-likeness (QED) is 0.410. The van der Waals surface area contributed by atoms with Gasteiger partial charge in [0.2, 0.25) is 5.91 Å². The molecular formula is C23H30N4O4. The predicted octanol–water partition coefficient (Wildman–Crippen LogP) is 2.52. The van der Waals surface area contributed by atoms with Crippen LogP contribution in [0.15, 0.2) is 54.6 Å². The molecule has 1 atom stereocenters. The monoisotopic (exact) mass is 426 g/mol. The van der Waals surface area contributed by atoms with Crippen LogP contribution in [-0.4, -0.2) is 67.3 Å². The van der Waals surface area contributed by atoms with Gasteiger partial charge in [0.15, 0.2) is 0 Å². The van der Waals surface area contributed by atoms with Gasteiger partial charge in [-0.3, -0.25) is 14.5 Å². The van der Waals surface area contributed by atoms with Crippen molar-refractivity contribution in [3.05, 3.63) is 54.6 Å². The Balaban J connectivity index is 1.41. The summed E-state index contributed by atoms with van der Waals surface area (Å²) in [6, 6.07) is 16.2. The van der Waals surface area contributed by atoms with Gasteiger partial charge in [-0.1, -0.05) is 18.2 Å². The van der Waals surface area contributed by atoms with Gasteiger partial charge in [-0.25, -0.2) is 0 Å². The summed E-state index contributed by atoms with van der Waals surface area (Å²) >= 11 is 0. The molecule has 0 bridgehead atoms. The van der Waals surface area contributed by atoms with E-state index in [1.165, 1.54) is 0 Å². The smallest absolute Gasteiger partial charge is 0.321 e. The minimum atomic E-state index is -1.02. The van der Waals surface area contributed by atoms with E-state index in [4.69, 9.17) is 4.74 Å². The number of benzene rings is 2. The summed E-state index contributed by atoms with van der Waals surface area (Å²) < 4.78 is 5.32. The van der Waals surface area contributed by atoms with Crippen molar-refractivity contribution in [2.24, 2.45) is 0 Å². The first-order valence-electron chi connectivity index (χ1n) is 10.6. The van der Waals surface area contributed by atoms with Crippen molar-refractivity contribution in [1.29, 1.82) is 0 Å². The fraction of sp³-hybridized carbons (Fsp3) is 0.391. The highest BCUT2D eigenvalue weighted by atomic mass is 16.5. The van der Waals surface area contributed by atoms with E-state index >= 15 is 0 Å². The maximum atomic E-state index is 12.3. The first kappa shape index (κ1) is 22.7. The molecule has 3 rings (SSSR count). The standard InChI is InChI=1S/C23H30N4O4/c28-22(17-21(23(29)30)24-11-4-12-27-13-15-31-16-14-27)26-20-9-7-19(8-10-20)25-18-5-2-1-3-6-18/h1-3,5-10,21,24-25H,4,11-17H2,(H,26,28)(H,29,30). The van der Waals surface area contributed by atoms with Gasteiger partial charge in [-0.15, -0.1) is 0 Å². The molecule has 1 aliphatic rings. The Morgan fingerprint density at radius 2 is 1.61 bits per heavy atom. The van der Waals surface area contributed by atoms with E-state index in [2.05, 4.69) is 20.9 Å². The number of hydrogen-bond acceptors (Lipinski definition) is 6. The third-order valence-corrected chi connectivity index (χ3v) is 5.06. The number of carbonyl (C=O) groups is 2. The number of aliphatic carboxylic acids is 1. The second-order valence-corrected chi connectivity index (χ2v) is 7.47. The second kappa shape index (κ2) is 12.0. The van der Waals surface area contributed by atoms with Gasteiger partial charge in [-0.2, -0.15) is 0 Å². The number of anilines is 3. The first-order valence-corrected chi connectivity index (χ1v) is 10.6.